The third-order valence-electron chi connectivity index (χ3n) is 5.42. The van der Waals surface area contributed by atoms with Crippen LogP contribution < -0.4 is 10.1 Å². The van der Waals surface area contributed by atoms with Gasteiger partial charge in [-0.2, -0.15) is 0 Å². The van der Waals surface area contributed by atoms with Gasteiger partial charge in [-0.1, -0.05) is 66.4 Å². The first-order valence-corrected chi connectivity index (χ1v) is 12.1. The molecule has 34 heavy (non-hydrogen) atoms. The van der Waals surface area contributed by atoms with Crippen LogP contribution in [-0.4, -0.2) is 40.8 Å². The summed E-state index contributed by atoms with van der Waals surface area (Å²) in [5, 5.41) is 3.00. The molecule has 174 valence electrons. The number of carbonyl (C=O) groups excluding carboxylic acids is 2. The second-order valence-corrected chi connectivity index (χ2v) is 9.07. The summed E-state index contributed by atoms with van der Waals surface area (Å²) in [7, 11) is 1.58. The van der Waals surface area contributed by atoms with Gasteiger partial charge in [-0.05, 0) is 42.7 Å². The van der Waals surface area contributed by atoms with Crippen LogP contribution in [0, 0.1) is 0 Å². The van der Waals surface area contributed by atoms with Crippen LogP contribution in [0.4, 0.5) is 11.4 Å². The van der Waals surface area contributed by atoms with Gasteiger partial charge in [0.15, 0.2) is 5.17 Å². The first-order valence-electron chi connectivity index (χ1n) is 11.2. The van der Waals surface area contributed by atoms with E-state index in [0.29, 0.717) is 23.1 Å². The van der Waals surface area contributed by atoms with Crippen molar-refractivity contribution >= 4 is 40.1 Å². The number of thioether (sulfide) groups is 1. The number of ether oxygens (including phenoxy) is 1. The number of methoxy groups -OCH3 is 1. The van der Waals surface area contributed by atoms with Crippen molar-refractivity contribution in [3.8, 4) is 5.75 Å². The zero-order valence-electron chi connectivity index (χ0n) is 19.0. The molecule has 0 aromatic heterocycles. The number of amides is 2. The van der Waals surface area contributed by atoms with Crippen LogP contribution in [0.3, 0.4) is 0 Å². The number of nitrogens with zero attached hydrogens (tertiary/aromatic N) is 2. The molecule has 3 aromatic carbocycles. The molecule has 6 nitrogen and oxygen atoms in total. The van der Waals surface area contributed by atoms with E-state index in [0.717, 1.165) is 18.5 Å². The van der Waals surface area contributed by atoms with E-state index >= 15 is 0 Å². The third kappa shape index (κ3) is 6.26. The number of carbonyl (C=O) groups is 2. The summed E-state index contributed by atoms with van der Waals surface area (Å²) in [4.78, 5) is 32.4. The average Bonchev–Trinajstić information content (AvgIpc) is 3.14. The number of benzene rings is 3. The Balaban J connectivity index is 1.44. The van der Waals surface area contributed by atoms with Crippen molar-refractivity contribution in [1.82, 2.24) is 4.90 Å². The van der Waals surface area contributed by atoms with Gasteiger partial charge in [0.25, 0.3) is 0 Å². The molecule has 0 bridgehead atoms. The number of hydrogen-bond donors (Lipinski definition) is 1. The van der Waals surface area contributed by atoms with Crippen molar-refractivity contribution in [3.63, 3.8) is 0 Å². The lowest BCUT2D eigenvalue weighted by Gasteiger charge is -2.16. The summed E-state index contributed by atoms with van der Waals surface area (Å²) in [5.41, 5.74) is 2.66. The lowest BCUT2D eigenvalue weighted by molar-refractivity contribution is -0.128. The van der Waals surface area contributed by atoms with Gasteiger partial charge in [0.2, 0.25) is 11.8 Å². The van der Waals surface area contributed by atoms with Gasteiger partial charge in [0.1, 0.15) is 11.0 Å². The Morgan fingerprint density at radius 1 is 1.03 bits per heavy atom. The monoisotopic (exact) mass is 473 g/mol. The largest absolute Gasteiger partial charge is 0.497 e. The van der Waals surface area contributed by atoms with Crippen molar-refractivity contribution in [1.29, 1.82) is 0 Å². The Morgan fingerprint density at radius 3 is 2.50 bits per heavy atom. The highest BCUT2D eigenvalue weighted by Crippen LogP contribution is 2.32. The van der Waals surface area contributed by atoms with E-state index in [9.17, 15) is 9.59 Å². The van der Waals surface area contributed by atoms with Gasteiger partial charge < -0.3 is 10.1 Å². The number of rotatable bonds is 9. The summed E-state index contributed by atoms with van der Waals surface area (Å²) in [6.07, 6.45) is 1.76. The van der Waals surface area contributed by atoms with Gasteiger partial charge >= 0.3 is 0 Å². The maximum absolute atomic E-state index is 13.3. The first kappa shape index (κ1) is 23.6. The maximum Gasteiger partial charge on any atom is 0.242 e. The molecule has 0 radical (unpaired) electrons. The third-order valence-corrected chi connectivity index (χ3v) is 6.59. The minimum absolute atomic E-state index is 0.0731. The molecular formula is C27H27N3O3S. The fourth-order valence-corrected chi connectivity index (χ4v) is 4.89. The smallest absolute Gasteiger partial charge is 0.242 e. The molecule has 1 N–H and O–H groups in total. The maximum atomic E-state index is 13.3. The molecule has 1 heterocycles. The van der Waals surface area contributed by atoms with Crippen molar-refractivity contribution in [2.45, 2.75) is 24.5 Å². The van der Waals surface area contributed by atoms with E-state index in [-0.39, 0.29) is 18.2 Å². The second kappa shape index (κ2) is 11.5. The fourth-order valence-electron chi connectivity index (χ4n) is 3.71. The van der Waals surface area contributed by atoms with Crippen LogP contribution in [0.5, 0.6) is 5.75 Å². The molecule has 0 spiro atoms. The van der Waals surface area contributed by atoms with Crippen LogP contribution in [0.1, 0.15) is 18.4 Å². The van der Waals surface area contributed by atoms with Crippen LogP contribution in [0.2, 0.25) is 0 Å². The molecule has 1 aliphatic heterocycles. The summed E-state index contributed by atoms with van der Waals surface area (Å²) < 4.78 is 5.21. The van der Waals surface area contributed by atoms with E-state index < -0.39 is 5.25 Å². The van der Waals surface area contributed by atoms with E-state index in [1.54, 1.807) is 24.1 Å². The number of hydrogen-bond acceptors (Lipinski definition) is 5. The van der Waals surface area contributed by atoms with E-state index in [1.165, 1.54) is 17.3 Å². The lowest BCUT2D eigenvalue weighted by atomic mass is 10.1. The van der Waals surface area contributed by atoms with Gasteiger partial charge in [-0.25, -0.2) is 4.99 Å². The quantitative estimate of drug-likeness (QED) is 0.459. The van der Waals surface area contributed by atoms with Crippen molar-refractivity contribution in [2.75, 3.05) is 19.0 Å². The number of aliphatic imine (C=N–C) groups is 1. The predicted octanol–water partition coefficient (Wildman–Crippen LogP) is 5.29. The minimum Gasteiger partial charge on any atom is -0.497 e. The molecule has 3 aromatic rings. The highest BCUT2D eigenvalue weighted by molar-refractivity contribution is 8.15. The number of para-hydroxylation sites is 1. The highest BCUT2D eigenvalue weighted by Gasteiger charge is 2.38. The zero-order valence-corrected chi connectivity index (χ0v) is 19.8. The van der Waals surface area contributed by atoms with Crippen molar-refractivity contribution in [3.05, 3.63) is 90.5 Å². The van der Waals surface area contributed by atoms with Crippen LogP contribution in [0.25, 0.3) is 0 Å². The molecular weight excluding hydrogens is 446 g/mol. The van der Waals surface area contributed by atoms with Crippen LogP contribution >= 0.6 is 11.8 Å². The topological polar surface area (TPSA) is 71.0 Å². The van der Waals surface area contributed by atoms with E-state index in [1.807, 2.05) is 60.7 Å². The highest BCUT2D eigenvalue weighted by atomic mass is 32.2. The fraction of sp³-hybridized carbons (Fsp3) is 0.222. The Kier molecular flexibility index (Phi) is 7.99. The van der Waals surface area contributed by atoms with Gasteiger partial charge in [0, 0.05) is 24.7 Å². The molecule has 7 heteroatoms. The Morgan fingerprint density at radius 2 is 1.76 bits per heavy atom. The van der Waals surface area contributed by atoms with Gasteiger partial charge in [0.05, 0.1) is 12.8 Å². The van der Waals surface area contributed by atoms with Crippen molar-refractivity contribution < 1.29 is 14.3 Å². The molecule has 1 fully saturated rings. The normalized spacial score (nSPS) is 16.6. The van der Waals surface area contributed by atoms with E-state index in [2.05, 4.69) is 17.4 Å². The number of amidine groups is 1. The SMILES string of the molecule is COc1cccc(NC(=O)C[C@@H]2SC(=Nc3ccccc3)N(CCCc3ccccc3)C2=O)c1. The number of aryl methyl sites for hydroxylation is 1. The number of nitrogens with one attached hydrogen (secondary N) is 1. The molecule has 2 amide bonds. The molecule has 0 saturated carbocycles. The second-order valence-electron chi connectivity index (χ2n) is 7.90. The van der Waals surface area contributed by atoms with Crippen molar-refractivity contribution in [2.24, 2.45) is 4.99 Å². The van der Waals surface area contributed by atoms with Gasteiger partial charge in [-0.3, -0.25) is 14.5 Å². The first-order chi connectivity index (χ1) is 16.6. The van der Waals surface area contributed by atoms with Gasteiger partial charge in [-0.15, -0.1) is 0 Å². The summed E-state index contributed by atoms with van der Waals surface area (Å²) in [6.45, 7) is 0.556. The Labute approximate surface area is 204 Å². The molecule has 0 aliphatic carbocycles. The molecule has 1 atom stereocenters. The summed E-state index contributed by atoms with van der Waals surface area (Å²) in [6, 6.07) is 26.9. The summed E-state index contributed by atoms with van der Waals surface area (Å²) >= 11 is 1.36. The van der Waals surface area contributed by atoms with Crippen LogP contribution in [-0.2, 0) is 16.0 Å². The lowest BCUT2D eigenvalue weighted by Crippen LogP contribution is -2.34. The standard InChI is InChI=1S/C27H27N3O3S/c1-33-23-16-8-15-22(18-23)28-25(31)19-24-26(32)30(17-9-12-20-10-4-2-5-11-20)27(34-24)29-21-13-6-3-7-14-21/h2-8,10-11,13-16,18,24H,9,12,17,19H2,1H3,(H,28,31)/t24-/m0/s1. The average molecular weight is 474 g/mol. The predicted molar refractivity (Wildman–Crippen MR) is 138 cm³/mol. The molecule has 1 saturated heterocycles. The zero-order chi connectivity index (χ0) is 23.8. The Bertz CT molecular complexity index is 1150. The minimum atomic E-state index is -0.509. The Hall–Kier alpha value is -3.58. The number of anilines is 1. The summed E-state index contributed by atoms with van der Waals surface area (Å²) in [5.74, 6) is 0.365. The molecule has 4 rings (SSSR count). The molecule has 1 aliphatic rings. The van der Waals surface area contributed by atoms with Crippen LogP contribution in [0.15, 0.2) is 89.9 Å². The van der Waals surface area contributed by atoms with E-state index in [4.69, 9.17) is 9.73 Å². The molecule has 0 unspecified atom stereocenters.